The van der Waals surface area contributed by atoms with E-state index in [1.165, 1.54) is 18.7 Å². The predicted molar refractivity (Wildman–Crippen MR) is 94.7 cm³/mol. The Morgan fingerprint density at radius 3 is 2.50 bits per heavy atom. The van der Waals surface area contributed by atoms with E-state index in [0.29, 0.717) is 19.4 Å². The van der Waals surface area contributed by atoms with Crippen LogP contribution in [0.1, 0.15) is 33.1 Å². The number of carbonyl (C=O) groups is 3. The number of β-amino-alcohol motifs (C(OH)–C–C–N with tert-alkyl or cyclic N) is 1. The van der Waals surface area contributed by atoms with Gasteiger partial charge in [0, 0.05) is 19.5 Å². The summed E-state index contributed by atoms with van der Waals surface area (Å²) >= 11 is 0. The molecule has 0 unspecified atom stereocenters. The van der Waals surface area contributed by atoms with E-state index in [4.69, 9.17) is 22.6 Å². The number of carbonyl (C=O) groups excluding carboxylic acids is 3. The Kier molecular flexibility index (Phi) is 7.33. The number of primary amides is 1. The molecule has 1 fully saturated rings. The first kappa shape index (κ1) is 21.6. The molecule has 26 heavy (non-hydrogen) atoms. The Bertz CT molecular complexity index is 566. The molecule has 3 atom stereocenters. The molecule has 0 aromatic carbocycles. The zero-order valence-corrected chi connectivity index (χ0v) is 15.1. The Morgan fingerprint density at radius 1 is 1.35 bits per heavy atom. The number of likely N-dealkylation sites (tertiary alicyclic amines) is 1. The van der Waals surface area contributed by atoms with Crippen molar-refractivity contribution in [1.29, 1.82) is 5.41 Å². The van der Waals surface area contributed by atoms with E-state index < -0.39 is 41.4 Å². The molecule has 11 nitrogen and oxygen atoms in total. The van der Waals surface area contributed by atoms with E-state index in [1.54, 1.807) is 0 Å². The second-order valence-corrected chi connectivity index (χ2v) is 6.97. The van der Waals surface area contributed by atoms with Crippen molar-refractivity contribution in [3.05, 3.63) is 0 Å². The Balaban J connectivity index is 2.63. The molecule has 11 heteroatoms. The highest BCUT2D eigenvalue weighted by atomic mass is 16.3. The lowest BCUT2D eigenvalue weighted by molar-refractivity contribution is -0.144. The SMILES string of the molecule is CC(C)(NC(=O)[C@@H](N)CCCNC(=N)N)C(=O)N1C[C@H](O)C[C@H]1C(N)=O. The molecule has 0 saturated carbocycles. The van der Waals surface area contributed by atoms with Crippen molar-refractivity contribution >= 4 is 23.7 Å². The molecular formula is C15H29N7O4. The third kappa shape index (κ3) is 5.85. The second-order valence-electron chi connectivity index (χ2n) is 6.97. The number of nitrogens with zero attached hydrogens (tertiary/aromatic N) is 1. The first-order chi connectivity index (χ1) is 12.0. The van der Waals surface area contributed by atoms with Gasteiger partial charge in [-0.25, -0.2) is 0 Å². The average molecular weight is 371 g/mol. The Labute approximate surface area is 152 Å². The molecule has 0 radical (unpaired) electrons. The molecule has 1 heterocycles. The monoisotopic (exact) mass is 371 g/mol. The molecular weight excluding hydrogens is 342 g/mol. The molecule has 0 aromatic rings. The molecule has 1 saturated heterocycles. The maximum atomic E-state index is 12.7. The van der Waals surface area contributed by atoms with E-state index in [-0.39, 0.29) is 18.9 Å². The van der Waals surface area contributed by atoms with E-state index >= 15 is 0 Å². The fraction of sp³-hybridized carbons (Fsp3) is 0.733. The second kappa shape index (κ2) is 8.81. The number of nitrogens with two attached hydrogens (primary N) is 3. The molecule has 0 aromatic heterocycles. The zero-order valence-electron chi connectivity index (χ0n) is 15.1. The van der Waals surface area contributed by atoms with Gasteiger partial charge < -0.3 is 37.8 Å². The van der Waals surface area contributed by atoms with Crippen molar-refractivity contribution < 1.29 is 19.5 Å². The molecule has 0 bridgehead atoms. The van der Waals surface area contributed by atoms with E-state index in [1.807, 2.05) is 0 Å². The molecule has 1 rings (SSSR count). The molecule has 1 aliphatic rings. The summed E-state index contributed by atoms with van der Waals surface area (Å²) in [5, 5.41) is 21.9. The molecule has 10 N–H and O–H groups in total. The van der Waals surface area contributed by atoms with Crippen LogP contribution in [-0.2, 0) is 14.4 Å². The summed E-state index contributed by atoms with van der Waals surface area (Å²) in [6.45, 7) is 3.39. The first-order valence-electron chi connectivity index (χ1n) is 8.39. The van der Waals surface area contributed by atoms with Crippen molar-refractivity contribution in [3.8, 4) is 0 Å². The number of amides is 3. The summed E-state index contributed by atoms with van der Waals surface area (Å²) in [5.74, 6) is -1.89. The Hall–Kier alpha value is -2.40. The number of aliphatic hydroxyl groups excluding tert-OH is 1. The van der Waals surface area contributed by atoms with Crippen LogP contribution in [0, 0.1) is 5.41 Å². The molecule has 0 spiro atoms. The number of nitrogens with one attached hydrogen (secondary N) is 3. The standard InChI is InChI=1S/C15H29N7O4/c1-15(2,13(26)22-7-8(23)6-10(22)11(17)24)21-12(25)9(16)4-3-5-20-14(18)19/h8-10,23H,3-7,16H2,1-2H3,(H2,17,24)(H,21,25)(H4,18,19,20)/t8-,9+,10+/m1/s1. The summed E-state index contributed by atoms with van der Waals surface area (Å²) in [7, 11) is 0. The van der Waals surface area contributed by atoms with Crippen LogP contribution in [0.5, 0.6) is 0 Å². The van der Waals surface area contributed by atoms with Crippen LogP contribution >= 0.6 is 0 Å². The van der Waals surface area contributed by atoms with Crippen LogP contribution in [0.2, 0.25) is 0 Å². The first-order valence-corrected chi connectivity index (χ1v) is 8.39. The van der Waals surface area contributed by atoms with Gasteiger partial charge in [-0.15, -0.1) is 0 Å². The summed E-state index contributed by atoms with van der Waals surface area (Å²) in [6, 6.07) is -1.74. The number of hydrogen-bond acceptors (Lipinski definition) is 6. The molecule has 3 amide bonds. The largest absolute Gasteiger partial charge is 0.391 e. The maximum Gasteiger partial charge on any atom is 0.248 e. The van der Waals surface area contributed by atoms with Gasteiger partial charge in [0.1, 0.15) is 11.6 Å². The highest BCUT2D eigenvalue weighted by molar-refractivity contribution is 5.95. The lowest BCUT2D eigenvalue weighted by atomic mass is 10.0. The van der Waals surface area contributed by atoms with Gasteiger partial charge in [-0.2, -0.15) is 0 Å². The minimum absolute atomic E-state index is 0.0193. The normalized spacial score (nSPS) is 21.2. The van der Waals surface area contributed by atoms with E-state index in [9.17, 15) is 19.5 Å². The number of hydrogen-bond donors (Lipinski definition) is 7. The average Bonchev–Trinajstić information content (AvgIpc) is 2.91. The fourth-order valence-electron chi connectivity index (χ4n) is 2.80. The van der Waals surface area contributed by atoms with Gasteiger partial charge in [-0.1, -0.05) is 0 Å². The van der Waals surface area contributed by atoms with Gasteiger partial charge in [-0.05, 0) is 26.7 Å². The molecule has 0 aliphatic carbocycles. The van der Waals surface area contributed by atoms with Crippen LogP contribution in [-0.4, -0.2) is 70.5 Å². The summed E-state index contributed by atoms with van der Waals surface area (Å²) in [6.07, 6.45) is 0.0974. The minimum Gasteiger partial charge on any atom is -0.391 e. The van der Waals surface area contributed by atoms with Gasteiger partial charge in [0.2, 0.25) is 17.7 Å². The van der Waals surface area contributed by atoms with Crippen molar-refractivity contribution in [2.24, 2.45) is 17.2 Å². The summed E-state index contributed by atoms with van der Waals surface area (Å²) in [4.78, 5) is 37.7. The minimum atomic E-state index is -1.32. The van der Waals surface area contributed by atoms with Gasteiger partial charge in [0.05, 0.1) is 12.1 Å². The maximum absolute atomic E-state index is 12.7. The third-order valence-electron chi connectivity index (χ3n) is 4.18. The topological polar surface area (TPSA) is 201 Å². The summed E-state index contributed by atoms with van der Waals surface area (Å²) < 4.78 is 0. The highest BCUT2D eigenvalue weighted by Gasteiger charge is 2.43. The van der Waals surface area contributed by atoms with Gasteiger partial charge >= 0.3 is 0 Å². The van der Waals surface area contributed by atoms with Gasteiger partial charge in [0.25, 0.3) is 0 Å². The van der Waals surface area contributed by atoms with Crippen molar-refractivity contribution in [2.75, 3.05) is 13.1 Å². The number of rotatable bonds is 8. The number of aliphatic hydroxyl groups is 1. The van der Waals surface area contributed by atoms with E-state index in [0.717, 1.165) is 0 Å². The van der Waals surface area contributed by atoms with Crippen LogP contribution in [0.15, 0.2) is 0 Å². The predicted octanol–water partition coefficient (Wildman–Crippen LogP) is -3.08. The van der Waals surface area contributed by atoms with Crippen molar-refractivity contribution in [1.82, 2.24) is 15.5 Å². The van der Waals surface area contributed by atoms with Crippen LogP contribution in [0.25, 0.3) is 0 Å². The fourth-order valence-corrected chi connectivity index (χ4v) is 2.80. The highest BCUT2D eigenvalue weighted by Crippen LogP contribution is 2.21. The van der Waals surface area contributed by atoms with Crippen LogP contribution < -0.4 is 27.8 Å². The molecule has 1 aliphatic heterocycles. The zero-order chi connectivity index (χ0) is 20.1. The van der Waals surface area contributed by atoms with Crippen molar-refractivity contribution in [2.45, 2.75) is 56.8 Å². The van der Waals surface area contributed by atoms with Gasteiger partial charge in [0.15, 0.2) is 5.96 Å². The van der Waals surface area contributed by atoms with Gasteiger partial charge in [-0.3, -0.25) is 19.8 Å². The summed E-state index contributed by atoms with van der Waals surface area (Å²) in [5.41, 5.74) is 15.0. The smallest absolute Gasteiger partial charge is 0.248 e. The van der Waals surface area contributed by atoms with Crippen LogP contribution in [0.4, 0.5) is 0 Å². The van der Waals surface area contributed by atoms with Crippen molar-refractivity contribution in [3.63, 3.8) is 0 Å². The Morgan fingerprint density at radius 2 is 1.96 bits per heavy atom. The quantitative estimate of drug-likeness (QED) is 0.133. The lowest BCUT2D eigenvalue weighted by Gasteiger charge is -2.33. The molecule has 148 valence electrons. The van der Waals surface area contributed by atoms with Crippen LogP contribution in [0.3, 0.4) is 0 Å². The van der Waals surface area contributed by atoms with E-state index in [2.05, 4.69) is 10.6 Å². The number of guanidine groups is 1. The lowest BCUT2D eigenvalue weighted by Crippen LogP contribution is -2.60. The third-order valence-corrected chi connectivity index (χ3v) is 4.18.